The molecule has 1 unspecified atom stereocenters. The molecule has 7 heteroatoms. The van der Waals surface area contributed by atoms with Crippen molar-refractivity contribution < 1.29 is 8.42 Å². The van der Waals surface area contributed by atoms with Crippen LogP contribution in [0.4, 0.5) is 0 Å². The molecule has 1 aromatic rings. The first-order valence-corrected chi connectivity index (χ1v) is 6.47. The van der Waals surface area contributed by atoms with E-state index in [1.165, 1.54) is 6.20 Å². The maximum absolute atomic E-state index is 11.7. The summed E-state index contributed by atoms with van der Waals surface area (Å²) in [5.41, 5.74) is 0. The van der Waals surface area contributed by atoms with E-state index in [9.17, 15) is 8.42 Å². The van der Waals surface area contributed by atoms with E-state index in [1.54, 1.807) is 25.5 Å². The van der Waals surface area contributed by atoms with Crippen molar-refractivity contribution in [2.75, 3.05) is 5.88 Å². The van der Waals surface area contributed by atoms with E-state index in [4.69, 9.17) is 11.6 Å². The molecular formula is C8H14ClN3O2S. The maximum Gasteiger partial charge on any atom is 0.259 e. The second-order valence-corrected chi connectivity index (χ2v) is 5.38. The van der Waals surface area contributed by atoms with Crippen LogP contribution in [0.2, 0.25) is 0 Å². The Morgan fingerprint density at radius 3 is 2.67 bits per heavy atom. The van der Waals surface area contributed by atoms with Gasteiger partial charge in [0.25, 0.3) is 10.0 Å². The average Bonchev–Trinajstić information content (AvgIpc) is 2.47. The van der Waals surface area contributed by atoms with E-state index in [2.05, 4.69) is 9.71 Å². The van der Waals surface area contributed by atoms with Gasteiger partial charge < -0.3 is 4.57 Å². The lowest BCUT2D eigenvalue weighted by atomic mass is 10.4. The summed E-state index contributed by atoms with van der Waals surface area (Å²) in [7, 11) is -1.80. The minimum atomic E-state index is -3.54. The molecule has 86 valence electrons. The summed E-state index contributed by atoms with van der Waals surface area (Å²) in [6.07, 6.45) is 1.47. The van der Waals surface area contributed by atoms with Gasteiger partial charge in [-0.15, -0.1) is 11.6 Å². The lowest BCUT2D eigenvalue weighted by Gasteiger charge is -2.08. The van der Waals surface area contributed by atoms with E-state index < -0.39 is 10.0 Å². The molecule has 5 nitrogen and oxygen atoms in total. The molecule has 0 aliphatic heterocycles. The minimum absolute atomic E-state index is 0.0273. The molecule has 0 aliphatic rings. The number of imidazole rings is 1. The van der Waals surface area contributed by atoms with E-state index >= 15 is 0 Å². The normalized spacial score (nSPS) is 14.1. The van der Waals surface area contributed by atoms with Crippen molar-refractivity contribution >= 4 is 21.6 Å². The van der Waals surface area contributed by atoms with Gasteiger partial charge in [0, 0.05) is 25.2 Å². The minimum Gasteiger partial charge on any atom is -0.337 e. The predicted molar refractivity (Wildman–Crippen MR) is 58.4 cm³/mol. The molecule has 0 radical (unpaired) electrons. The Kier molecular flexibility index (Phi) is 3.75. The quantitative estimate of drug-likeness (QED) is 0.799. The van der Waals surface area contributed by atoms with Gasteiger partial charge in [0.1, 0.15) is 5.82 Å². The van der Waals surface area contributed by atoms with Gasteiger partial charge in [-0.3, -0.25) is 0 Å². The average molecular weight is 252 g/mol. The van der Waals surface area contributed by atoms with Gasteiger partial charge >= 0.3 is 0 Å². The Balaban J connectivity index is 2.96. The number of nitrogens with one attached hydrogen (secondary N) is 1. The summed E-state index contributed by atoms with van der Waals surface area (Å²) >= 11 is 5.53. The van der Waals surface area contributed by atoms with E-state index in [1.807, 2.05) is 0 Å². The van der Waals surface area contributed by atoms with Crippen LogP contribution in [0, 0.1) is 6.92 Å². The van der Waals surface area contributed by atoms with Gasteiger partial charge in [0.15, 0.2) is 5.03 Å². The van der Waals surface area contributed by atoms with Gasteiger partial charge in [-0.1, -0.05) is 0 Å². The topological polar surface area (TPSA) is 64.0 Å². The zero-order valence-corrected chi connectivity index (χ0v) is 10.4. The van der Waals surface area contributed by atoms with Crippen LogP contribution in [-0.2, 0) is 17.1 Å². The van der Waals surface area contributed by atoms with Crippen molar-refractivity contribution in [3.8, 4) is 0 Å². The lowest BCUT2D eigenvalue weighted by Crippen LogP contribution is -2.33. The SMILES string of the molecule is Cc1nc(S(=O)(=O)NC(C)CCl)cn1C. The van der Waals surface area contributed by atoms with Crippen LogP contribution in [0.5, 0.6) is 0 Å². The van der Waals surface area contributed by atoms with Crippen molar-refractivity contribution in [2.24, 2.45) is 7.05 Å². The molecule has 1 aromatic heterocycles. The third-order valence-electron chi connectivity index (χ3n) is 1.95. The molecule has 0 saturated heterocycles. The smallest absolute Gasteiger partial charge is 0.259 e. The molecule has 1 N–H and O–H groups in total. The second kappa shape index (κ2) is 4.51. The number of hydrogen-bond acceptors (Lipinski definition) is 3. The zero-order chi connectivity index (χ0) is 11.6. The molecular weight excluding hydrogens is 238 g/mol. The second-order valence-electron chi connectivity index (χ2n) is 3.41. The molecule has 1 rings (SSSR count). The van der Waals surface area contributed by atoms with Gasteiger partial charge in [0.05, 0.1) is 0 Å². The van der Waals surface area contributed by atoms with Crippen molar-refractivity contribution in [2.45, 2.75) is 24.9 Å². The molecule has 0 aromatic carbocycles. The molecule has 15 heavy (non-hydrogen) atoms. The van der Waals surface area contributed by atoms with Crippen LogP contribution in [0.1, 0.15) is 12.7 Å². The number of aromatic nitrogens is 2. The van der Waals surface area contributed by atoms with Gasteiger partial charge in [0.2, 0.25) is 0 Å². The van der Waals surface area contributed by atoms with Crippen LogP contribution < -0.4 is 4.72 Å². The molecule has 0 fully saturated rings. The third-order valence-corrected chi connectivity index (χ3v) is 3.87. The van der Waals surface area contributed by atoms with E-state index in [0.29, 0.717) is 5.82 Å². The Hall–Kier alpha value is -0.590. The number of nitrogens with zero attached hydrogens (tertiary/aromatic N) is 2. The summed E-state index contributed by atoms with van der Waals surface area (Å²) < 4.78 is 27.5. The van der Waals surface area contributed by atoms with Crippen LogP contribution in [0.3, 0.4) is 0 Å². The summed E-state index contributed by atoms with van der Waals surface area (Å²) in [5.74, 6) is 0.874. The molecule has 0 amide bonds. The number of halogens is 1. The first-order chi connectivity index (χ1) is 6.86. The first-order valence-electron chi connectivity index (χ1n) is 4.45. The number of rotatable bonds is 4. The van der Waals surface area contributed by atoms with Crippen LogP contribution in [0.25, 0.3) is 0 Å². The van der Waals surface area contributed by atoms with Crippen LogP contribution in [-0.4, -0.2) is 29.9 Å². The summed E-state index contributed by atoms with van der Waals surface area (Å²) in [6.45, 7) is 3.43. The first kappa shape index (κ1) is 12.5. The van der Waals surface area contributed by atoms with E-state index in [0.717, 1.165) is 0 Å². The van der Waals surface area contributed by atoms with Gasteiger partial charge in [-0.25, -0.2) is 18.1 Å². The van der Waals surface area contributed by atoms with E-state index in [-0.39, 0.29) is 16.9 Å². The molecule has 0 saturated carbocycles. The number of alkyl halides is 1. The highest BCUT2D eigenvalue weighted by Gasteiger charge is 2.20. The molecule has 0 aliphatic carbocycles. The monoisotopic (exact) mass is 251 g/mol. The van der Waals surface area contributed by atoms with Crippen molar-refractivity contribution in [3.63, 3.8) is 0 Å². The van der Waals surface area contributed by atoms with Crippen LogP contribution in [0.15, 0.2) is 11.2 Å². The van der Waals surface area contributed by atoms with Crippen molar-refractivity contribution in [1.82, 2.24) is 14.3 Å². The van der Waals surface area contributed by atoms with Gasteiger partial charge in [-0.2, -0.15) is 0 Å². The largest absolute Gasteiger partial charge is 0.337 e. The molecule has 1 heterocycles. The Labute approximate surface area is 94.5 Å². The van der Waals surface area contributed by atoms with Crippen LogP contribution >= 0.6 is 11.6 Å². The lowest BCUT2D eigenvalue weighted by molar-refractivity contribution is 0.567. The maximum atomic E-state index is 11.7. The highest BCUT2D eigenvalue weighted by atomic mass is 35.5. The highest BCUT2D eigenvalue weighted by Crippen LogP contribution is 2.08. The molecule has 0 bridgehead atoms. The fraction of sp³-hybridized carbons (Fsp3) is 0.625. The van der Waals surface area contributed by atoms with Gasteiger partial charge in [-0.05, 0) is 13.8 Å². The molecule has 0 spiro atoms. The Morgan fingerprint density at radius 1 is 1.67 bits per heavy atom. The zero-order valence-electron chi connectivity index (χ0n) is 8.86. The van der Waals surface area contributed by atoms with Crippen molar-refractivity contribution in [1.29, 1.82) is 0 Å². The summed E-state index contributed by atoms with van der Waals surface area (Å²) in [4.78, 5) is 3.94. The third kappa shape index (κ3) is 2.93. The predicted octanol–water partition coefficient (Wildman–Crippen LogP) is 0.634. The molecule has 1 atom stereocenters. The summed E-state index contributed by atoms with van der Waals surface area (Å²) in [5, 5.41) is 0.0273. The number of sulfonamides is 1. The standard InChI is InChI=1S/C8H14ClN3O2S/c1-6(4-9)11-15(13,14)8-5-12(3)7(2)10-8/h5-6,11H,4H2,1-3H3. The summed E-state index contributed by atoms with van der Waals surface area (Å²) in [6, 6.07) is -0.307. The number of hydrogen-bond donors (Lipinski definition) is 1. The Morgan fingerprint density at radius 2 is 2.27 bits per heavy atom. The van der Waals surface area contributed by atoms with Crippen molar-refractivity contribution in [3.05, 3.63) is 12.0 Å². The Bertz CT molecular complexity index is 421. The fourth-order valence-electron chi connectivity index (χ4n) is 1.01. The fourth-order valence-corrected chi connectivity index (χ4v) is 2.46. The highest BCUT2D eigenvalue weighted by molar-refractivity contribution is 7.89. The number of aryl methyl sites for hydroxylation is 2.